The van der Waals surface area contributed by atoms with Gasteiger partial charge in [-0.15, -0.1) is 0 Å². The van der Waals surface area contributed by atoms with E-state index in [4.69, 9.17) is 38.2 Å². The van der Waals surface area contributed by atoms with E-state index in [0.29, 0.717) is 0 Å². The van der Waals surface area contributed by atoms with E-state index in [2.05, 4.69) is 41.5 Å². The van der Waals surface area contributed by atoms with Crippen molar-refractivity contribution in [3.8, 4) is 23.0 Å². The quantitative estimate of drug-likeness (QED) is 0.0515. The summed E-state index contributed by atoms with van der Waals surface area (Å²) >= 11 is 0. The number of quaternary nitrogens is 2. The number of nitrogens with zero attached hydrogens (tertiary/aromatic N) is 2. The van der Waals surface area contributed by atoms with Gasteiger partial charge >= 0.3 is 11.9 Å². The van der Waals surface area contributed by atoms with Crippen LogP contribution in [0, 0.1) is 0 Å². The molecule has 0 spiro atoms. The number of esters is 2. The fraction of sp³-hybridized carbons (Fsp3) is 0.500. The molecule has 0 bridgehead atoms. The zero-order valence-corrected chi connectivity index (χ0v) is 40.8. The molecule has 0 aromatic heterocycles. The van der Waals surface area contributed by atoms with Crippen LogP contribution in [-0.2, 0) is 23.6 Å². The second-order valence-electron chi connectivity index (χ2n) is 17.6. The topological polar surface area (TPSA) is 154 Å². The Labute approximate surface area is 387 Å². The molecule has 1 N–H and O–H groups in total. The van der Waals surface area contributed by atoms with Crippen molar-refractivity contribution in [3.63, 3.8) is 0 Å². The first kappa shape index (κ1) is 53.1. The van der Waals surface area contributed by atoms with E-state index in [1.165, 1.54) is 0 Å². The van der Waals surface area contributed by atoms with Gasteiger partial charge < -0.3 is 47.2 Å². The van der Waals surface area contributed by atoms with Gasteiger partial charge in [0.2, 0.25) is 0 Å². The molecule has 0 aliphatic carbocycles. The summed E-state index contributed by atoms with van der Waals surface area (Å²) in [4.78, 5) is 51.1. The number of carbonyl (C=O) groups excluding carboxylic acids is 2. The first-order valence-corrected chi connectivity index (χ1v) is 25.1. The molecule has 0 fully saturated rings. The molecule has 2 unspecified atom stereocenters. The van der Waals surface area contributed by atoms with Crippen LogP contribution in [0.15, 0.2) is 97.1 Å². The van der Waals surface area contributed by atoms with Crippen molar-refractivity contribution in [3.05, 3.63) is 119 Å². The lowest BCUT2D eigenvalue weighted by atomic mass is 9.88. The van der Waals surface area contributed by atoms with Gasteiger partial charge in [-0.25, -0.2) is 0 Å². The Hall–Kier alpha value is -4.55. The Bertz CT molecular complexity index is 1880. The van der Waals surface area contributed by atoms with E-state index in [1.54, 1.807) is 0 Å². The van der Waals surface area contributed by atoms with Crippen LogP contribution < -0.4 is 19.3 Å². The highest BCUT2D eigenvalue weighted by Gasteiger charge is 2.38. The minimum Gasteiger partial charge on any atom is -0.790 e. The highest BCUT2D eigenvalue weighted by Crippen LogP contribution is 2.46. The first-order chi connectivity index (χ1) is 31.1. The van der Waals surface area contributed by atoms with Crippen molar-refractivity contribution in [2.75, 3.05) is 52.4 Å². The van der Waals surface area contributed by atoms with Crippen molar-refractivity contribution >= 4 is 19.8 Å². The molecule has 0 radical (unpaired) electrons. The molecular weight excluding hydrogens is 844 g/mol. The van der Waals surface area contributed by atoms with Gasteiger partial charge in [0.05, 0.1) is 47.1 Å². The maximum Gasteiger partial charge on any atom is 0.318 e. The molecular formula is C52H73N2O10P. The standard InChI is InChI=1S/2C26H36NO3.H3O4P/c2*1-5-16-27(17-6-2,18-7-3)19-20(4)29-26(28)25-21-12-8-10-14-23(21)30-24-15-11-9-13-22(24)25;1-5(2,3)4/h2*8-15,20,25H,5-7,16-19H2,1-4H3;(H3,1,2,3,4)/q2*+1;/p-2. The lowest BCUT2D eigenvalue weighted by molar-refractivity contribution is -0.930. The van der Waals surface area contributed by atoms with Crippen molar-refractivity contribution in [2.24, 2.45) is 0 Å². The maximum absolute atomic E-state index is 13.4. The maximum atomic E-state index is 13.4. The van der Waals surface area contributed by atoms with Crippen molar-refractivity contribution in [2.45, 2.75) is 118 Å². The van der Waals surface area contributed by atoms with Crippen LogP contribution in [0.1, 0.15) is 128 Å². The fourth-order valence-electron chi connectivity index (χ4n) is 10.1. The van der Waals surface area contributed by atoms with Crippen molar-refractivity contribution < 1.29 is 56.7 Å². The minimum atomic E-state index is -5.14. The van der Waals surface area contributed by atoms with E-state index >= 15 is 0 Å². The van der Waals surface area contributed by atoms with E-state index in [1.807, 2.05) is 111 Å². The second kappa shape index (κ2) is 25.4. The molecule has 2 atom stereocenters. The predicted octanol–water partition coefficient (Wildman–Crippen LogP) is 9.61. The highest BCUT2D eigenvalue weighted by atomic mass is 31.2. The Morgan fingerprint density at radius 1 is 0.523 bits per heavy atom. The summed E-state index contributed by atoms with van der Waals surface area (Å²) < 4.78 is 34.9. The summed E-state index contributed by atoms with van der Waals surface area (Å²) in [5, 5.41) is 0. The third kappa shape index (κ3) is 15.2. The van der Waals surface area contributed by atoms with Gasteiger partial charge in [-0.05, 0) is 76.6 Å². The summed E-state index contributed by atoms with van der Waals surface area (Å²) in [6, 6.07) is 31.1. The highest BCUT2D eigenvalue weighted by molar-refractivity contribution is 7.42. The molecule has 0 amide bonds. The number of para-hydroxylation sites is 4. The largest absolute Gasteiger partial charge is 0.790 e. The molecule has 0 saturated carbocycles. The minimum absolute atomic E-state index is 0.135. The molecule has 12 nitrogen and oxygen atoms in total. The second-order valence-corrected chi connectivity index (χ2v) is 18.5. The third-order valence-corrected chi connectivity index (χ3v) is 11.9. The molecule has 0 saturated heterocycles. The SMILES string of the molecule is CCC[N+](CCC)(CCC)CC(C)OC(=O)C1c2ccccc2Oc2ccccc21.CCC[N+](CCC)(CCC)CC(C)OC(=O)C1c2ccccc2Oc2ccccc21.O=P([O-])([O-])O. The van der Waals surface area contributed by atoms with Crippen LogP contribution in [0.2, 0.25) is 0 Å². The Morgan fingerprint density at radius 2 is 0.738 bits per heavy atom. The van der Waals surface area contributed by atoms with E-state index in [-0.39, 0.29) is 24.1 Å². The third-order valence-electron chi connectivity index (χ3n) is 11.9. The Morgan fingerprint density at radius 3 is 0.954 bits per heavy atom. The number of phosphoric acid groups is 1. The van der Waals surface area contributed by atoms with Crippen LogP contribution in [0.4, 0.5) is 0 Å². The average molecular weight is 917 g/mol. The van der Waals surface area contributed by atoms with Gasteiger partial charge in [0.1, 0.15) is 60.1 Å². The normalized spacial score (nSPS) is 14.2. The van der Waals surface area contributed by atoms with Gasteiger partial charge in [0, 0.05) is 22.3 Å². The summed E-state index contributed by atoms with van der Waals surface area (Å²) in [5.74, 6) is 1.68. The van der Waals surface area contributed by atoms with Crippen LogP contribution in [0.3, 0.4) is 0 Å². The zero-order chi connectivity index (χ0) is 47.6. The lowest BCUT2D eigenvalue weighted by Crippen LogP contribution is -2.54. The van der Waals surface area contributed by atoms with Crippen LogP contribution >= 0.6 is 7.82 Å². The summed E-state index contributed by atoms with van der Waals surface area (Å²) in [6.07, 6.45) is 6.57. The van der Waals surface area contributed by atoms with E-state index < -0.39 is 19.7 Å². The molecule has 2 aliphatic heterocycles. The number of hydrogen-bond acceptors (Lipinski definition) is 9. The van der Waals surface area contributed by atoms with Gasteiger partial charge in [-0.2, -0.15) is 0 Å². The number of fused-ring (bicyclic) bond motifs is 4. The number of benzene rings is 4. The summed E-state index contributed by atoms with van der Waals surface area (Å²) in [6.45, 7) is 26.1. The molecule has 2 aliphatic rings. The van der Waals surface area contributed by atoms with E-state index in [9.17, 15) is 9.59 Å². The molecule has 6 rings (SSSR count). The first-order valence-electron chi connectivity index (χ1n) is 23.6. The zero-order valence-electron chi connectivity index (χ0n) is 39.9. The van der Waals surface area contributed by atoms with E-state index in [0.717, 1.165) is 145 Å². The number of carbonyl (C=O) groups is 2. The molecule has 65 heavy (non-hydrogen) atoms. The smallest absolute Gasteiger partial charge is 0.318 e. The lowest BCUT2D eigenvalue weighted by Gasteiger charge is -2.40. The van der Waals surface area contributed by atoms with Crippen molar-refractivity contribution in [1.82, 2.24) is 0 Å². The van der Waals surface area contributed by atoms with Gasteiger partial charge in [-0.3, -0.25) is 9.59 Å². The molecule has 356 valence electrons. The summed E-state index contributed by atoms with van der Waals surface area (Å²) in [5.41, 5.74) is 3.52. The fourth-order valence-corrected chi connectivity index (χ4v) is 10.1. The molecule has 2 heterocycles. The van der Waals surface area contributed by atoms with Gasteiger partial charge in [-0.1, -0.05) is 114 Å². The molecule has 4 aromatic carbocycles. The van der Waals surface area contributed by atoms with Gasteiger partial charge in [0.25, 0.3) is 0 Å². The van der Waals surface area contributed by atoms with Crippen LogP contribution in [0.25, 0.3) is 0 Å². The van der Waals surface area contributed by atoms with Crippen LogP contribution in [-0.4, -0.2) is 90.4 Å². The number of rotatable bonds is 20. The predicted molar refractivity (Wildman–Crippen MR) is 252 cm³/mol. The summed E-state index contributed by atoms with van der Waals surface area (Å²) in [7, 11) is -5.14. The number of ether oxygens (including phenoxy) is 4. The van der Waals surface area contributed by atoms with Crippen LogP contribution in [0.5, 0.6) is 23.0 Å². The molecule has 4 aromatic rings. The van der Waals surface area contributed by atoms with Gasteiger partial charge in [0.15, 0.2) is 0 Å². The average Bonchev–Trinajstić information content (AvgIpc) is 3.24. The molecule has 13 heteroatoms. The number of hydrogen-bond donors (Lipinski definition) is 1. The van der Waals surface area contributed by atoms with Crippen molar-refractivity contribution in [1.29, 1.82) is 0 Å². The monoisotopic (exact) mass is 917 g/mol. The Kier molecular flexibility index (Phi) is 20.7. The Balaban J connectivity index is 0.000000258.